The average Bonchev–Trinajstić information content (AvgIpc) is 2.21. The summed E-state index contributed by atoms with van der Waals surface area (Å²) in [4.78, 5) is 0. The van der Waals surface area contributed by atoms with Crippen LogP contribution in [0.4, 0.5) is 0 Å². The van der Waals surface area contributed by atoms with E-state index in [1.165, 1.54) is 0 Å². The molecule has 0 saturated carbocycles. The molecule has 0 aromatic rings. The Balaban J connectivity index is 4.05. The van der Waals surface area contributed by atoms with Gasteiger partial charge in [-0.15, -0.1) is 0 Å². The van der Waals surface area contributed by atoms with Crippen molar-refractivity contribution in [3.63, 3.8) is 0 Å². The maximum atomic E-state index is 5.90. The van der Waals surface area contributed by atoms with E-state index in [0.717, 1.165) is 26.1 Å². The van der Waals surface area contributed by atoms with E-state index in [2.05, 4.69) is 60.7 Å². The molecule has 0 aliphatic heterocycles. The summed E-state index contributed by atoms with van der Waals surface area (Å²) in [5.74, 6) is 0. The Morgan fingerprint density at radius 1 is 1.00 bits per heavy atom. The summed E-state index contributed by atoms with van der Waals surface area (Å²) < 4.78 is 11.8. The quantitative estimate of drug-likeness (QED) is 0.616. The predicted molar refractivity (Wildman–Crippen MR) is 87.3 cm³/mol. The molecule has 0 atom stereocenters. The molecule has 0 spiro atoms. The van der Waals surface area contributed by atoms with Crippen LogP contribution in [0.1, 0.15) is 68.2 Å². The minimum Gasteiger partial charge on any atom is -0.381 e. The highest BCUT2D eigenvalue weighted by atomic mass is 16.5. The van der Waals surface area contributed by atoms with Gasteiger partial charge in [-0.1, -0.05) is 13.8 Å². The van der Waals surface area contributed by atoms with Crippen LogP contribution >= 0.6 is 0 Å². The van der Waals surface area contributed by atoms with Gasteiger partial charge in [0.15, 0.2) is 0 Å². The predicted octanol–water partition coefficient (Wildman–Crippen LogP) is 4.01. The van der Waals surface area contributed by atoms with E-state index in [0.29, 0.717) is 0 Å². The van der Waals surface area contributed by atoms with Crippen LogP contribution in [0.5, 0.6) is 0 Å². The first-order chi connectivity index (χ1) is 8.89. The van der Waals surface area contributed by atoms with Crippen molar-refractivity contribution in [2.45, 2.75) is 85.5 Å². The smallest absolute Gasteiger partial charge is 0.0651 e. The average molecular weight is 287 g/mol. The van der Waals surface area contributed by atoms with Gasteiger partial charge < -0.3 is 14.8 Å². The maximum absolute atomic E-state index is 5.90. The summed E-state index contributed by atoms with van der Waals surface area (Å²) in [6.45, 7) is 18.9. The molecule has 122 valence electrons. The first kappa shape index (κ1) is 19.9. The molecule has 0 rings (SSSR count). The number of hydrogen-bond acceptors (Lipinski definition) is 3. The molecule has 0 fully saturated rings. The largest absolute Gasteiger partial charge is 0.381 e. The van der Waals surface area contributed by atoms with E-state index in [1.54, 1.807) is 0 Å². The van der Waals surface area contributed by atoms with Crippen molar-refractivity contribution >= 4 is 0 Å². The highest BCUT2D eigenvalue weighted by molar-refractivity contribution is 4.84. The monoisotopic (exact) mass is 287 g/mol. The lowest BCUT2D eigenvalue weighted by molar-refractivity contribution is -0.0771. The molecule has 0 saturated heterocycles. The van der Waals surface area contributed by atoms with Crippen LogP contribution in [0.15, 0.2) is 0 Å². The maximum Gasteiger partial charge on any atom is 0.0651 e. The Labute approximate surface area is 126 Å². The van der Waals surface area contributed by atoms with Crippen LogP contribution in [0.3, 0.4) is 0 Å². The fourth-order valence-corrected chi connectivity index (χ4v) is 2.70. The fraction of sp³-hybridized carbons (Fsp3) is 1.00. The molecule has 0 amide bonds. The molecule has 0 unspecified atom stereocenters. The Kier molecular flexibility index (Phi) is 7.72. The van der Waals surface area contributed by atoms with Crippen molar-refractivity contribution < 1.29 is 9.47 Å². The number of ether oxygens (including phenoxy) is 2. The van der Waals surface area contributed by atoms with Gasteiger partial charge >= 0.3 is 0 Å². The lowest BCUT2D eigenvalue weighted by atomic mass is 9.81. The van der Waals surface area contributed by atoms with Crippen molar-refractivity contribution in [1.82, 2.24) is 5.32 Å². The highest BCUT2D eigenvalue weighted by Crippen LogP contribution is 2.28. The van der Waals surface area contributed by atoms with Gasteiger partial charge in [-0.25, -0.2) is 0 Å². The van der Waals surface area contributed by atoms with Crippen LogP contribution in [0, 0.1) is 5.41 Å². The molecule has 0 bridgehead atoms. The Morgan fingerprint density at radius 2 is 1.55 bits per heavy atom. The molecule has 0 aromatic carbocycles. The van der Waals surface area contributed by atoms with E-state index in [9.17, 15) is 0 Å². The minimum atomic E-state index is -0.109. The number of rotatable bonds is 10. The lowest BCUT2D eigenvalue weighted by Gasteiger charge is -2.35. The topological polar surface area (TPSA) is 30.5 Å². The van der Waals surface area contributed by atoms with Gasteiger partial charge in [0.25, 0.3) is 0 Å². The van der Waals surface area contributed by atoms with Crippen LogP contribution < -0.4 is 5.32 Å². The van der Waals surface area contributed by atoms with Crippen LogP contribution in [-0.2, 0) is 9.47 Å². The van der Waals surface area contributed by atoms with Crippen LogP contribution in [-0.4, -0.2) is 37.5 Å². The fourth-order valence-electron chi connectivity index (χ4n) is 2.70. The second-order valence-electron chi connectivity index (χ2n) is 8.20. The van der Waals surface area contributed by atoms with Gasteiger partial charge in [-0.05, 0) is 66.8 Å². The third-order valence-electron chi connectivity index (χ3n) is 3.49. The third kappa shape index (κ3) is 9.73. The number of hydrogen-bond donors (Lipinski definition) is 1. The molecular weight excluding hydrogens is 250 g/mol. The van der Waals surface area contributed by atoms with Crippen molar-refractivity contribution in [1.29, 1.82) is 0 Å². The van der Waals surface area contributed by atoms with Crippen molar-refractivity contribution in [2.24, 2.45) is 5.41 Å². The summed E-state index contributed by atoms with van der Waals surface area (Å²) in [7, 11) is 2.02. The zero-order valence-corrected chi connectivity index (χ0v) is 15.2. The molecule has 3 heteroatoms. The van der Waals surface area contributed by atoms with Gasteiger partial charge in [-0.3, -0.25) is 0 Å². The van der Waals surface area contributed by atoms with Gasteiger partial charge in [0.1, 0.15) is 0 Å². The normalized spacial score (nSPS) is 14.1. The zero-order valence-electron chi connectivity index (χ0n) is 15.2. The molecule has 0 aliphatic carbocycles. The second-order valence-corrected chi connectivity index (χ2v) is 8.20. The Bertz CT molecular complexity index is 270. The summed E-state index contributed by atoms with van der Waals surface area (Å²) >= 11 is 0. The Morgan fingerprint density at radius 3 is 2.00 bits per heavy atom. The first-order valence-electron chi connectivity index (χ1n) is 7.84. The van der Waals surface area contributed by atoms with Gasteiger partial charge in [0, 0.05) is 12.1 Å². The number of nitrogens with one attached hydrogen (secondary N) is 1. The second kappa shape index (κ2) is 7.77. The van der Waals surface area contributed by atoms with Gasteiger partial charge in [0.2, 0.25) is 0 Å². The molecule has 1 N–H and O–H groups in total. The molecule has 20 heavy (non-hydrogen) atoms. The SMILES string of the molecule is CNC(C)(C)CC(C)(C)COCCC(C)(C)OC(C)C. The van der Waals surface area contributed by atoms with E-state index in [4.69, 9.17) is 9.47 Å². The van der Waals surface area contributed by atoms with E-state index in [-0.39, 0.29) is 22.7 Å². The van der Waals surface area contributed by atoms with Gasteiger partial charge in [0.05, 0.1) is 18.3 Å². The summed E-state index contributed by atoms with van der Waals surface area (Å²) in [5, 5.41) is 3.36. The van der Waals surface area contributed by atoms with E-state index < -0.39 is 0 Å². The molecule has 3 nitrogen and oxygen atoms in total. The summed E-state index contributed by atoms with van der Waals surface area (Å²) in [5.41, 5.74) is 0.213. The molecule has 0 aromatic heterocycles. The molecule has 0 radical (unpaired) electrons. The first-order valence-corrected chi connectivity index (χ1v) is 7.84. The summed E-state index contributed by atoms with van der Waals surface area (Å²) in [6.07, 6.45) is 2.27. The zero-order chi connectivity index (χ0) is 16.0. The van der Waals surface area contributed by atoms with Gasteiger partial charge in [-0.2, -0.15) is 0 Å². The third-order valence-corrected chi connectivity index (χ3v) is 3.49. The lowest BCUT2D eigenvalue weighted by Crippen LogP contribution is -2.42. The summed E-state index contributed by atoms with van der Waals surface area (Å²) in [6, 6.07) is 0. The van der Waals surface area contributed by atoms with Crippen LogP contribution in [0.2, 0.25) is 0 Å². The van der Waals surface area contributed by atoms with Crippen molar-refractivity contribution in [3.8, 4) is 0 Å². The minimum absolute atomic E-state index is 0.109. The van der Waals surface area contributed by atoms with Crippen LogP contribution in [0.25, 0.3) is 0 Å². The highest BCUT2D eigenvalue weighted by Gasteiger charge is 2.28. The Hall–Kier alpha value is -0.120. The molecule has 0 aliphatic rings. The standard InChI is InChI=1S/C17H37NO2/c1-14(2)20-17(7,8)10-11-19-13-15(3,4)12-16(5,6)18-9/h14,18H,10-13H2,1-9H3. The molecular formula is C17H37NO2. The molecule has 0 heterocycles. The van der Waals surface area contributed by atoms with Crippen molar-refractivity contribution in [3.05, 3.63) is 0 Å². The van der Waals surface area contributed by atoms with E-state index in [1.807, 2.05) is 7.05 Å². The van der Waals surface area contributed by atoms with E-state index >= 15 is 0 Å². The van der Waals surface area contributed by atoms with Crippen molar-refractivity contribution in [2.75, 3.05) is 20.3 Å².